The van der Waals surface area contributed by atoms with Crippen molar-refractivity contribution in [3.8, 4) is 0 Å². The fourth-order valence-electron chi connectivity index (χ4n) is 1.59. The number of nitrogens with zero attached hydrogens (tertiary/aromatic N) is 1. The van der Waals surface area contributed by atoms with E-state index in [1.54, 1.807) is 25.1 Å². The molecule has 0 spiro atoms. The predicted molar refractivity (Wildman–Crippen MR) is 78.3 cm³/mol. The summed E-state index contributed by atoms with van der Waals surface area (Å²) in [5.74, 6) is -0.949. The van der Waals surface area contributed by atoms with E-state index in [1.165, 1.54) is 11.9 Å². The molecule has 1 atom stereocenters. The van der Waals surface area contributed by atoms with Crippen LogP contribution in [0, 0.1) is 0 Å². The number of carbonyl (C=O) groups is 2. The number of aliphatic carboxylic acids is 1. The number of urea groups is 1. The third-order valence-corrected chi connectivity index (χ3v) is 3.63. The van der Waals surface area contributed by atoms with E-state index in [4.69, 9.17) is 28.3 Å². The molecule has 0 bridgehead atoms. The molecular weight excluding hydrogens is 303 g/mol. The number of hydrogen-bond acceptors (Lipinski definition) is 2. The molecule has 0 aliphatic rings. The minimum absolute atomic E-state index is 0.101. The number of hydrogen-bond donors (Lipinski definition) is 2. The molecular formula is C13H16Cl2N2O3. The largest absolute Gasteiger partial charge is 0.481 e. The zero-order chi connectivity index (χ0) is 15.3. The lowest BCUT2D eigenvalue weighted by atomic mass is 10.1. The van der Waals surface area contributed by atoms with E-state index in [0.717, 1.165) is 0 Å². The second-order valence-electron chi connectivity index (χ2n) is 4.38. The van der Waals surface area contributed by atoms with E-state index in [2.05, 4.69) is 5.32 Å². The maximum atomic E-state index is 11.9. The Balaban J connectivity index is 2.65. The molecule has 1 aromatic rings. The lowest BCUT2D eigenvalue weighted by Crippen LogP contribution is -2.39. The van der Waals surface area contributed by atoms with Gasteiger partial charge in [0.15, 0.2) is 0 Å². The summed E-state index contributed by atoms with van der Waals surface area (Å²) >= 11 is 12.0. The van der Waals surface area contributed by atoms with Crippen LogP contribution < -0.4 is 5.32 Å². The van der Waals surface area contributed by atoms with E-state index in [1.807, 2.05) is 0 Å². The third kappa shape index (κ3) is 4.58. The van der Waals surface area contributed by atoms with Crippen LogP contribution in [0.2, 0.25) is 10.0 Å². The summed E-state index contributed by atoms with van der Waals surface area (Å²) in [7, 11) is 1.53. The van der Waals surface area contributed by atoms with Crippen molar-refractivity contribution in [2.75, 3.05) is 13.6 Å². The Morgan fingerprint density at radius 1 is 1.40 bits per heavy atom. The van der Waals surface area contributed by atoms with Gasteiger partial charge in [0.1, 0.15) is 0 Å². The zero-order valence-corrected chi connectivity index (χ0v) is 12.7. The fourth-order valence-corrected chi connectivity index (χ4v) is 2.06. The Bertz CT molecular complexity index is 508. The summed E-state index contributed by atoms with van der Waals surface area (Å²) < 4.78 is 0. The summed E-state index contributed by atoms with van der Waals surface area (Å²) in [5, 5.41) is 12.1. The summed E-state index contributed by atoms with van der Waals surface area (Å²) in [6.07, 6.45) is -0.101. The highest BCUT2D eigenvalue weighted by molar-refractivity contribution is 6.42. The molecule has 0 saturated carbocycles. The maximum absolute atomic E-state index is 11.9. The van der Waals surface area contributed by atoms with Crippen LogP contribution in [0.5, 0.6) is 0 Å². The van der Waals surface area contributed by atoms with Crippen LogP contribution >= 0.6 is 23.2 Å². The SMILES string of the molecule is CC(NC(=O)N(C)CCC(=O)O)c1cccc(Cl)c1Cl. The molecule has 0 radical (unpaired) electrons. The van der Waals surface area contributed by atoms with Gasteiger partial charge in [0, 0.05) is 13.6 Å². The van der Waals surface area contributed by atoms with Crippen LogP contribution in [0.1, 0.15) is 24.9 Å². The third-order valence-electron chi connectivity index (χ3n) is 2.80. The number of amides is 2. The Kier molecular flexibility index (Phi) is 6.10. The van der Waals surface area contributed by atoms with Crippen molar-refractivity contribution < 1.29 is 14.7 Å². The average Bonchev–Trinajstić information content (AvgIpc) is 2.38. The molecule has 5 nitrogen and oxygen atoms in total. The van der Waals surface area contributed by atoms with Crippen LogP contribution in [0.25, 0.3) is 0 Å². The number of rotatable bonds is 5. The molecule has 0 aromatic heterocycles. The topological polar surface area (TPSA) is 69.6 Å². The molecule has 0 aliphatic carbocycles. The van der Waals surface area contributed by atoms with Gasteiger partial charge < -0.3 is 15.3 Å². The van der Waals surface area contributed by atoms with Crippen molar-refractivity contribution in [2.45, 2.75) is 19.4 Å². The molecule has 0 saturated heterocycles. The molecule has 0 fully saturated rings. The van der Waals surface area contributed by atoms with Crippen LogP contribution in [0.3, 0.4) is 0 Å². The van der Waals surface area contributed by atoms with E-state index in [-0.39, 0.29) is 25.0 Å². The van der Waals surface area contributed by atoms with Crippen molar-refractivity contribution in [1.29, 1.82) is 0 Å². The smallest absolute Gasteiger partial charge is 0.317 e. The summed E-state index contributed by atoms with van der Waals surface area (Å²) in [6, 6.07) is 4.49. The first-order valence-electron chi connectivity index (χ1n) is 6.00. The van der Waals surface area contributed by atoms with Crippen molar-refractivity contribution in [3.63, 3.8) is 0 Å². The first kappa shape index (κ1) is 16.6. The summed E-state index contributed by atoms with van der Waals surface area (Å²) in [4.78, 5) is 23.7. The normalized spacial score (nSPS) is 11.8. The molecule has 20 heavy (non-hydrogen) atoms. The second kappa shape index (κ2) is 7.36. The molecule has 0 aliphatic heterocycles. The van der Waals surface area contributed by atoms with Gasteiger partial charge in [-0.05, 0) is 18.6 Å². The number of carbonyl (C=O) groups excluding carboxylic acids is 1. The second-order valence-corrected chi connectivity index (χ2v) is 5.16. The molecule has 110 valence electrons. The molecule has 0 heterocycles. The Labute approximate surface area is 127 Å². The summed E-state index contributed by atoms with van der Waals surface area (Å²) in [5.41, 5.74) is 0.708. The number of benzene rings is 1. The minimum Gasteiger partial charge on any atom is -0.481 e. The van der Waals surface area contributed by atoms with Gasteiger partial charge in [-0.2, -0.15) is 0 Å². The highest BCUT2D eigenvalue weighted by Gasteiger charge is 2.16. The predicted octanol–water partition coefficient (Wildman–Crippen LogP) is 3.17. The zero-order valence-electron chi connectivity index (χ0n) is 11.2. The van der Waals surface area contributed by atoms with Gasteiger partial charge in [0.25, 0.3) is 0 Å². The number of carboxylic acids is 1. The molecule has 2 N–H and O–H groups in total. The summed E-state index contributed by atoms with van der Waals surface area (Å²) in [6.45, 7) is 1.91. The van der Waals surface area contributed by atoms with Crippen LogP contribution in [0.15, 0.2) is 18.2 Å². The standard InChI is InChI=1S/C13H16Cl2N2O3/c1-8(9-4-3-5-10(14)12(9)15)16-13(20)17(2)7-6-11(18)19/h3-5,8H,6-7H2,1-2H3,(H,16,20)(H,18,19). The van der Waals surface area contributed by atoms with Crippen molar-refractivity contribution in [3.05, 3.63) is 33.8 Å². The van der Waals surface area contributed by atoms with Crippen molar-refractivity contribution in [2.24, 2.45) is 0 Å². The molecule has 1 rings (SSSR count). The number of halogens is 2. The Morgan fingerprint density at radius 2 is 2.05 bits per heavy atom. The average molecular weight is 319 g/mol. The first-order valence-corrected chi connectivity index (χ1v) is 6.76. The van der Waals surface area contributed by atoms with Crippen molar-refractivity contribution >= 4 is 35.2 Å². The maximum Gasteiger partial charge on any atom is 0.317 e. The monoisotopic (exact) mass is 318 g/mol. The van der Waals surface area contributed by atoms with Gasteiger partial charge in [-0.3, -0.25) is 4.79 Å². The Morgan fingerprint density at radius 3 is 2.65 bits per heavy atom. The van der Waals surface area contributed by atoms with Gasteiger partial charge in [-0.25, -0.2) is 4.79 Å². The Hall–Kier alpha value is -1.46. The highest BCUT2D eigenvalue weighted by atomic mass is 35.5. The molecule has 2 amide bonds. The van der Waals surface area contributed by atoms with E-state index in [9.17, 15) is 9.59 Å². The van der Waals surface area contributed by atoms with Gasteiger partial charge in [-0.1, -0.05) is 35.3 Å². The molecule has 1 aromatic carbocycles. The van der Waals surface area contributed by atoms with Gasteiger partial charge in [0.05, 0.1) is 22.5 Å². The molecule has 1 unspecified atom stereocenters. The number of carboxylic acid groups (broad SMARTS) is 1. The number of nitrogens with one attached hydrogen (secondary N) is 1. The minimum atomic E-state index is -0.949. The first-order chi connectivity index (χ1) is 9.32. The van der Waals surface area contributed by atoms with Crippen LogP contribution in [-0.2, 0) is 4.79 Å². The quantitative estimate of drug-likeness (QED) is 0.876. The fraction of sp³-hybridized carbons (Fsp3) is 0.385. The molecule has 7 heteroatoms. The van der Waals surface area contributed by atoms with Gasteiger partial charge >= 0.3 is 12.0 Å². The van der Waals surface area contributed by atoms with Crippen molar-refractivity contribution in [1.82, 2.24) is 10.2 Å². The van der Waals surface area contributed by atoms with E-state index >= 15 is 0 Å². The van der Waals surface area contributed by atoms with Crippen LogP contribution in [-0.4, -0.2) is 35.6 Å². The van der Waals surface area contributed by atoms with E-state index in [0.29, 0.717) is 15.6 Å². The lowest BCUT2D eigenvalue weighted by molar-refractivity contribution is -0.137. The van der Waals surface area contributed by atoms with Gasteiger partial charge in [0.2, 0.25) is 0 Å². The van der Waals surface area contributed by atoms with E-state index < -0.39 is 5.97 Å². The lowest BCUT2D eigenvalue weighted by Gasteiger charge is -2.21. The van der Waals surface area contributed by atoms with Crippen LogP contribution in [0.4, 0.5) is 4.79 Å². The highest BCUT2D eigenvalue weighted by Crippen LogP contribution is 2.29. The van der Waals surface area contributed by atoms with Gasteiger partial charge in [-0.15, -0.1) is 0 Å².